The average Bonchev–Trinajstić information content (AvgIpc) is 2.89. The van der Waals surface area contributed by atoms with Gasteiger partial charge in [0.05, 0.1) is 17.8 Å². The van der Waals surface area contributed by atoms with E-state index in [9.17, 15) is 4.79 Å². The Hall–Kier alpha value is -2.40. The van der Waals surface area contributed by atoms with E-state index in [0.29, 0.717) is 12.8 Å². The van der Waals surface area contributed by atoms with Gasteiger partial charge in [0, 0.05) is 34.9 Å². The number of hydrogen-bond acceptors (Lipinski definition) is 3. The fraction of sp³-hybridized carbons (Fsp3) is 0.294. The summed E-state index contributed by atoms with van der Waals surface area (Å²) in [6, 6.07) is 10.2. The Balaban J connectivity index is 1.74. The second-order valence-electron chi connectivity index (χ2n) is 5.54. The fourth-order valence-corrected chi connectivity index (χ4v) is 2.52. The minimum absolute atomic E-state index is 0.0678. The van der Waals surface area contributed by atoms with Crippen molar-refractivity contribution < 1.29 is 9.90 Å². The fourth-order valence-electron chi connectivity index (χ4n) is 2.52. The van der Waals surface area contributed by atoms with E-state index in [4.69, 9.17) is 5.11 Å². The maximum atomic E-state index is 11.7. The summed E-state index contributed by atoms with van der Waals surface area (Å²) in [5, 5.41) is 14.1. The van der Waals surface area contributed by atoms with E-state index in [0.717, 1.165) is 22.1 Å². The molecule has 3 aromatic rings. The minimum Gasteiger partial charge on any atom is -0.392 e. The van der Waals surface area contributed by atoms with Crippen molar-refractivity contribution in [3.63, 3.8) is 0 Å². The zero-order valence-corrected chi connectivity index (χ0v) is 12.5. The van der Waals surface area contributed by atoms with Crippen molar-refractivity contribution >= 4 is 27.7 Å². The van der Waals surface area contributed by atoms with Crippen LogP contribution < -0.4 is 5.32 Å². The molecule has 22 heavy (non-hydrogen) atoms. The highest BCUT2D eigenvalue weighted by atomic mass is 16.3. The summed E-state index contributed by atoms with van der Waals surface area (Å²) in [6.45, 7) is 1.93. The summed E-state index contributed by atoms with van der Waals surface area (Å²) in [5.74, 6) is -0.0678. The van der Waals surface area contributed by atoms with E-state index in [2.05, 4.69) is 21.4 Å². The lowest BCUT2D eigenvalue weighted by molar-refractivity contribution is -0.121. The highest BCUT2D eigenvalue weighted by Crippen LogP contribution is 2.25. The van der Waals surface area contributed by atoms with Gasteiger partial charge in [0.2, 0.25) is 5.91 Å². The lowest BCUT2D eigenvalue weighted by Gasteiger charge is -2.06. The first kappa shape index (κ1) is 14.5. The molecule has 0 spiro atoms. The summed E-state index contributed by atoms with van der Waals surface area (Å²) in [5.41, 5.74) is 2.99. The third-order valence-corrected chi connectivity index (χ3v) is 3.65. The first-order valence-electron chi connectivity index (χ1n) is 7.43. The zero-order valence-electron chi connectivity index (χ0n) is 12.5. The number of hydrogen-bond donors (Lipinski definition) is 3. The summed E-state index contributed by atoms with van der Waals surface area (Å²) < 4.78 is 0. The number of carbonyl (C=O) groups excluding carboxylic acids is 1. The van der Waals surface area contributed by atoms with Crippen LogP contribution in [0.3, 0.4) is 0 Å². The van der Waals surface area contributed by atoms with Crippen LogP contribution in [0.2, 0.25) is 0 Å². The Bertz CT molecular complexity index is 808. The first-order chi connectivity index (χ1) is 10.6. The molecule has 5 nitrogen and oxygen atoms in total. The van der Waals surface area contributed by atoms with Gasteiger partial charge in [-0.3, -0.25) is 9.78 Å². The van der Waals surface area contributed by atoms with Crippen LogP contribution >= 0.6 is 0 Å². The number of aromatic amines is 1. The second-order valence-corrected chi connectivity index (χ2v) is 5.54. The van der Waals surface area contributed by atoms with Crippen molar-refractivity contribution in [3.8, 4) is 0 Å². The molecule has 0 fully saturated rings. The molecule has 0 bridgehead atoms. The molecule has 0 saturated heterocycles. The van der Waals surface area contributed by atoms with E-state index in [1.165, 1.54) is 5.39 Å². The molecule has 1 unspecified atom stereocenters. The van der Waals surface area contributed by atoms with Gasteiger partial charge in [-0.1, -0.05) is 18.2 Å². The molecule has 5 heteroatoms. The number of fused-ring (bicyclic) bond motifs is 3. The molecule has 2 heterocycles. The molecule has 0 aliphatic heterocycles. The van der Waals surface area contributed by atoms with Crippen LogP contribution in [0.4, 0.5) is 0 Å². The largest absolute Gasteiger partial charge is 0.392 e. The maximum absolute atomic E-state index is 11.7. The summed E-state index contributed by atoms with van der Waals surface area (Å²) >= 11 is 0. The van der Waals surface area contributed by atoms with Crippen LogP contribution in [0.25, 0.3) is 21.8 Å². The number of benzene rings is 1. The number of nitrogens with one attached hydrogen (secondary N) is 2. The Morgan fingerprint density at radius 1 is 1.32 bits per heavy atom. The Morgan fingerprint density at radius 2 is 2.14 bits per heavy atom. The van der Waals surface area contributed by atoms with Crippen LogP contribution in [-0.4, -0.2) is 33.6 Å². The molecule has 2 aromatic heterocycles. The zero-order chi connectivity index (χ0) is 15.5. The molecule has 0 aliphatic rings. The van der Waals surface area contributed by atoms with Crippen molar-refractivity contribution in [2.45, 2.75) is 25.9 Å². The molecular formula is C17H19N3O2. The number of rotatable bonds is 5. The topological polar surface area (TPSA) is 78.0 Å². The van der Waals surface area contributed by atoms with Crippen LogP contribution in [0.15, 0.2) is 36.5 Å². The molecule has 0 saturated carbocycles. The average molecular weight is 297 g/mol. The second kappa shape index (κ2) is 6.15. The molecule has 0 aliphatic carbocycles. The van der Waals surface area contributed by atoms with Crippen molar-refractivity contribution in [2.75, 3.05) is 6.54 Å². The van der Waals surface area contributed by atoms with Gasteiger partial charge in [0.15, 0.2) is 0 Å². The lowest BCUT2D eigenvalue weighted by Crippen LogP contribution is -2.30. The van der Waals surface area contributed by atoms with Gasteiger partial charge >= 0.3 is 0 Å². The molecular weight excluding hydrogens is 278 g/mol. The number of nitrogens with zero attached hydrogens (tertiary/aromatic N) is 1. The highest BCUT2D eigenvalue weighted by molar-refractivity contribution is 6.06. The minimum atomic E-state index is -0.523. The number of aryl methyl sites for hydroxylation is 1. The number of pyridine rings is 1. The number of amides is 1. The van der Waals surface area contributed by atoms with Gasteiger partial charge in [0.25, 0.3) is 0 Å². The smallest absolute Gasteiger partial charge is 0.220 e. The third-order valence-electron chi connectivity index (χ3n) is 3.65. The summed E-state index contributed by atoms with van der Waals surface area (Å²) in [7, 11) is 0. The van der Waals surface area contributed by atoms with Crippen LogP contribution in [0.5, 0.6) is 0 Å². The lowest BCUT2D eigenvalue weighted by atomic mass is 10.1. The van der Waals surface area contributed by atoms with Gasteiger partial charge in [-0.05, 0) is 25.5 Å². The molecule has 3 N–H and O–H groups in total. The molecule has 1 aromatic carbocycles. The third kappa shape index (κ3) is 3.09. The van der Waals surface area contributed by atoms with Crippen LogP contribution in [0.1, 0.15) is 19.0 Å². The standard InChI is InChI=1S/C17H19N3O2/c1-11(21)9-19-17(22)7-6-12-8-14-13-4-2-3-5-15(13)20-16(14)10-18-12/h2-5,8,10-11,20-21H,6-7,9H2,1H3,(H,19,22). The van der Waals surface area contributed by atoms with E-state index in [1.807, 2.05) is 30.5 Å². The monoisotopic (exact) mass is 297 g/mol. The van der Waals surface area contributed by atoms with Crippen LogP contribution in [0, 0.1) is 0 Å². The maximum Gasteiger partial charge on any atom is 0.220 e. The van der Waals surface area contributed by atoms with Crippen molar-refractivity contribution in [3.05, 3.63) is 42.2 Å². The number of carbonyl (C=O) groups is 1. The summed E-state index contributed by atoms with van der Waals surface area (Å²) in [4.78, 5) is 19.4. The van der Waals surface area contributed by atoms with Gasteiger partial charge < -0.3 is 15.4 Å². The quantitative estimate of drug-likeness (QED) is 0.675. The Labute approximate surface area is 128 Å². The van der Waals surface area contributed by atoms with Crippen molar-refractivity contribution in [1.29, 1.82) is 0 Å². The van der Waals surface area contributed by atoms with Crippen LogP contribution in [-0.2, 0) is 11.2 Å². The van der Waals surface area contributed by atoms with Crippen molar-refractivity contribution in [2.24, 2.45) is 0 Å². The van der Waals surface area contributed by atoms with E-state index in [-0.39, 0.29) is 12.5 Å². The number of aromatic nitrogens is 2. The van der Waals surface area contributed by atoms with Gasteiger partial charge in [0.1, 0.15) is 0 Å². The Kier molecular flexibility index (Phi) is 4.06. The van der Waals surface area contributed by atoms with Gasteiger partial charge in [-0.15, -0.1) is 0 Å². The van der Waals surface area contributed by atoms with E-state index in [1.54, 1.807) is 6.92 Å². The number of aliphatic hydroxyl groups excluding tert-OH is 1. The molecule has 3 rings (SSSR count). The molecule has 114 valence electrons. The Morgan fingerprint density at radius 3 is 2.95 bits per heavy atom. The van der Waals surface area contributed by atoms with E-state index >= 15 is 0 Å². The number of para-hydroxylation sites is 1. The van der Waals surface area contributed by atoms with Crippen molar-refractivity contribution in [1.82, 2.24) is 15.3 Å². The predicted octanol–water partition coefficient (Wildman–Crippen LogP) is 2.15. The number of aliphatic hydroxyl groups is 1. The van der Waals surface area contributed by atoms with Gasteiger partial charge in [-0.25, -0.2) is 0 Å². The first-order valence-corrected chi connectivity index (χ1v) is 7.43. The summed E-state index contributed by atoms with van der Waals surface area (Å²) in [6.07, 6.45) is 2.25. The number of H-pyrrole nitrogens is 1. The molecule has 0 radical (unpaired) electrons. The van der Waals surface area contributed by atoms with Gasteiger partial charge in [-0.2, -0.15) is 0 Å². The predicted molar refractivity (Wildman–Crippen MR) is 86.6 cm³/mol. The molecule has 1 atom stereocenters. The highest BCUT2D eigenvalue weighted by Gasteiger charge is 2.08. The van der Waals surface area contributed by atoms with E-state index < -0.39 is 6.10 Å². The molecule has 1 amide bonds. The SMILES string of the molecule is CC(O)CNC(=O)CCc1cc2c(cn1)[nH]c1ccccc12. The normalized spacial score (nSPS) is 12.6.